The van der Waals surface area contributed by atoms with Crippen molar-refractivity contribution in [2.24, 2.45) is 5.73 Å². The van der Waals surface area contributed by atoms with E-state index in [1.54, 1.807) is 30.3 Å². The Kier molecular flexibility index (Phi) is 7.70. The van der Waals surface area contributed by atoms with E-state index in [1.165, 1.54) is 32.2 Å². The van der Waals surface area contributed by atoms with E-state index >= 15 is 0 Å². The second-order valence-electron chi connectivity index (χ2n) is 6.61. The first-order valence-electron chi connectivity index (χ1n) is 9.02. The van der Waals surface area contributed by atoms with Gasteiger partial charge in [0, 0.05) is 19.8 Å². The summed E-state index contributed by atoms with van der Waals surface area (Å²) in [6, 6.07) is 10.8. The van der Waals surface area contributed by atoms with Gasteiger partial charge in [-0.3, -0.25) is 14.4 Å². The van der Waals surface area contributed by atoms with Gasteiger partial charge in [-0.2, -0.15) is 0 Å². The fourth-order valence-electron chi connectivity index (χ4n) is 2.88. The standard InChI is InChI=1S/C21H24FN3O4/c1-13(26)24-19(12-14-5-3-7-16(22)9-14)21(28)25-18(20(23)27)11-15-6-4-8-17(10-15)29-2/h3-10,18-19H,11-12H2,1-2H3,(H2,23,27)(H,24,26)(H,25,28)/t18-,19+/m1/s1. The van der Waals surface area contributed by atoms with Crippen LogP contribution >= 0.6 is 0 Å². The molecule has 8 heteroatoms. The number of hydrogen-bond donors (Lipinski definition) is 3. The van der Waals surface area contributed by atoms with E-state index < -0.39 is 35.6 Å². The monoisotopic (exact) mass is 401 g/mol. The summed E-state index contributed by atoms with van der Waals surface area (Å²) in [5, 5.41) is 5.11. The van der Waals surface area contributed by atoms with Crippen molar-refractivity contribution in [3.63, 3.8) is 0 Å². The van der Waals surface area contributed by atoms with Crippen LogP contribution in [-0.2, 0) is 27.2 Å². The van der Waals surface area contributed by atoms with Crippen molar-refractivity contribution in [2.75, 3.05) is 7.11 Å². The predicted octanol–water partition coefficient (Wildman–Crippen LogP) is 1.09. The van der Waals surface area contributed by atoms with Gasteiger partial charge in [-0.25, -0.2) is 4.39 Å². The van der Waals surface area contributed by atoms with Crippen LogP contribution in [-0.4, -0.2) is 36.9 Å². The number of nitrogens with one attached hydrogen (secondary N) is 2. The van der Waals surface area contributed by atoms with Gasteiger partial charge in [0.15, 0.2) is 0 Å². The lowest BCUT2D eigenvalue weighted by molar-refractivity contribution is -0.130. The van der Waals surface area contributed by atoms with E-state index in [1.807, 2.05) is 0 Å². The average Bonchev–Trinajstić information content (AvgIpc) is 2.66. The summed E-state index contributed by atoms with van der Waals surface area (Å²) in [5.41, 5.74) is 6.73. The maximum absolute atomic E-state index is 13.4. The number of rotatable bonds is 9. The third-order valence-corrected chi connectivity index (χ3v) is 4.26. The van der Waals surface area contributed by atoms with Crippen LogP contribution in [0.25, 0.3) is 0 Å². The van der Waals surface area contributed by atoms with Crippen LogP contribution in [0.5, 0.6) is 5.75 Å². The molecule has 0 fully saturated rings. The molecule has 0 bridgehead atoms. The first-order valence-corrected chi connectivity index (χ1v) is 9.02. The van der Waals surface area contributed by atoms with Gasteiger partial charge in [0.1, 0.15) is 23.7 Å². The molecule has 0 radical (unpaired) electrons. The van der Waals surface area contributed by atoms with Crippen LogP contribution in [0, 0.1) is 5.82 Å². The summed E-state index contributed by atoms with van der Waals surface area (Å²) in [7, 11) is 1.52. The van der Waals surface area contributed by atoms with Gasteiger partial charge >= 0.3 is 0 Å². The number of ether oxygens (including phenoxy) is 1. The highest BCUT2D eigenvalue weighted by Gasteiger charge is 2.25. The molecule has 0 aliphatic carbocycles. The molecule has 0 aliphatic heterocycles. The Hall–Kier alpha value is -3.42. The van der Waals surface area contributed by atoms with Crippen molar-refractivity contribution in [3.05, 3.63) is 65.5 Å². The Morgan fingerprint density at radius 3 is 2.21 bits per heavy atom. The van der Waals surface area contributed by atoms with E-state index in [-0.39, 0.29) is 12.8 Å². The molecule has 2 aromatic carbocycles. The molecular formula is C21H24FN3O4. The van der Waals surface area contributed by atoms with E-state index in [9.17, 15) is 18.8 Å². The van der Waals surface area contributed by atoms with Gasteiger partial charge in [-0.1, -0.05) is 24.3 Å². The number of amides is 3. The first kappa shape index (κ1) is 21.9. The number of carbonyl (C=O) groups is 3. The molecule has 0 spiro atoms. The summed E-state index contributed by atoms with van der Waals surface area (Å²) in [6.07, 6.45) is 0.221. The second-order valence-corrected chi connectivity index (χ2v) is 6.61. The molecule has 0 saturated heterocycles. The van der Waals surface area contributed by atoms with Crippen LogP contribution in [0.2, 0.25) is 0 Å². The Bertz CT molecular complexity index is 888. The third kappa shape index (κ3) is 6.91. The van der Waals surface area contributed by atoms with Crippen molar-refractivity contribution in [1.82, 2.24) is 10.6 Å². The topological polar surface area (TPSA) is 111 Å². The number of hydrogen-bond acceptors (Lipinski definition) is 4. The van der Waals surface area contributed by atoms with E-state index in [4.69, 9.17) is 10.5 Å². The Balaban J connectivity index is 2.14. The molecule has 0 aromatic heterocycles. The van der Waals surface area contributed by atoms with Crippen molar-refractivity contribution in [2.45, 2.75) is 31.8 Å². The van der Waals surface area contributed by atoms with Crippen LogP contribution in [0.3, 0.4) is 0 Å². The average molecular weight is 401 g/mol. The molecule has 7 nitrogen and oxygen atoms in total. The maximum atomic E-state index is 13.4. The highest BCUT2D eigenvalue weighted by atomic mass is 19.1. The number of methoxy groups -OCH3 is 1. The highest BCUT2D eigenvalue weighted by Crippen LogP contribution is 2.14. The van der Waals surface area contributed by atoms with Crippen molar-refractivity contribution in [3.8, 4) is 5.75 Å². The maximum Gasteiger partial charge on any atom is 0.243 e. The molecule has 154 valence electrons. The number of carbonyl (C=O) groups excluding carboxylic acids is 3. The molecule has 0 unspecified atom stereocenters. The molecular weight excluding hydrogens is 377 g/mol. The van der Waals surface area contributed by atoms with Crippen molar-refractivity contribution < 1.29 is 23.5 Å². The van der Waals surface area contributed by atoms with Gasteiger partial charge < -0.3 is 21.1 Å². The third-order valence-electron chi connectivity index (χ3n) is 4.26. The minimum absolute atomic E-state index is 0.0633. The Morgan fingerprint density at radius 1 is 1.00 bits per heavy atom. The van der Waals surface area contributed by atoms with E-state index in [0.717, 1.165) is 5.56 Å². The summed E-state index contributed by atoms with van der Waals surface area (Å²) < 4.78 is 18.6. The zero-order valence-corrected chi connectivity index (χ0v) is 16.3. The minimum atomic E-state index is -0.988. The molecule has 2 aromatic rings. The predicted molar refractivity (Wildman–Crippen MR) is 106 cm³/mol. The molecule has 3 amide bonds. The Labute approximate surface area is 168 Å². The Morgan fingerprint density at radius 2 is 1.62 bits per heavy atom. The lowest BCUT2D eigenvalue weighted by Crippen LogP contribution is -2.54. The molecule has 0 saturated carbocycles. The van der Waals surface area contributed by atoms with Gasteiger partial charge in [-0.05, 0) is 35.4 Å². The summed E-state index contributed by atoms with van der Waals surface area (Å²) in [6.45, 7) is 1.27. The quantitative estimate of drug-likeness (QED) is 0.584. The van der Waals surface area contributed by atoms with E-state index in [0.29, 0.717) is 11.3 Å². The molecule has 0 aliphatic rings. The second kappa shape index (κ2) is 10.2. The van der Waals surface area contributed by atoms with Crippen molar-refractivity contribution in [1.29, 1.82) is 0 Å². The van der Waals surface area contributed by atoms with Gasteiger partial charge in [-0.15, -0.1) is 0 Å². The summed E-state index contributed by atoms with van der Waals surface area (Å²) in [4.78, 5) is 36.2. The zero-order chi connectivity index (χ0) is 21.4. The number of benzene rings is 2. The largest absolute Gasteiger partial charge is 0.497 e. The zero-order valence-electron chi connectivity index (χ0n) is 16.3. The molecule has 2 atom stereocenters. The molecule has 0 heterocycles. The number of primary amides is 1. The van der Waals surface area contributed by atoms with Crippen LogP contribution in [0.4, 0.5) is 4.39 Å². The highest BCUT2D eigenvalue weighted by molar-refractivity contribution is 5.91. The van der Waals surface area contributed by atoms with Crippen LogP contribution in [0.15, 0.2) is 48.5 Å². The fraction of sp³-hybridized carbons (Fsp3) is 0.286. The smallest absolute Gasteiger partial charge is 0.243 e. The number of halogens is 1. The number of nitrogens with two attached hydrogens (primary N) is 1. The normalized spacial score (nSPS) is 12.5. The van der Waals surface area contributed by atoms with Gasteiger partial charge in [0.05, 0.1) is 7.11 Å². The molecule has 29 heavy (non-hydrogen) atoms. The lowest BCUT2D eigenvalue weighted by atomic mass is 10.0. The fourth-order valence-corrected chi connectivity index (χ4v) is 2.88. The first-order chi connectivity index (χ1) is 13.8. The van der Waals surface area contributed by atoms with Gasteiger partial charge in [0.2, 0.25) is 17.7 Å². The van der Waals surface area contributed by atoms with Crippen molar-refractivity contribution >= 4 is 17.7 Å². The molecule has 2 rings (SSSR count). The van der Waals surface area contributed by atoms with E-state index in [2.05, 4.69) is 10.6 Å². The minimum Gasteiger partial charge on any atom is -0.497 e. The van der Waals surface area contributed by atoms with Gasteiger partial charge in [0.25, 0.3) is 0 Å². The lowest BCUT2D eigenvalue weighted by Gasteiger charge is -2.22. The summed E-state index contributed by atoms with van der Waals surface area (Å²) >= 11 is 0. The van der Waals surface area contributed by atoms with Crippen LogP contribution < -0.4 is 21.1 Å². The summed E-state index contributed by atoms with van der Waals surface area (Å²) in [5.74, 6) is -1.56. The SMILES string of the molecule is COc1cccc(C[C@@H](NC(=O)[C@H](Cc2cccc(F)c2)NC(C)=O)C(N)=O)c1. The molecule has 4 N–H and O–H groups in total. The van der Waals surface area contributed by atoms with Crippen LogP contribution in [0.1, 0.15) is 18.1 Å².